The Balaban J connectivity index is 1.71. The van der Waals surface area contributed by atoms with Crippen molar-refractivity contribution in [1.29, 1.82) is 0 Å². The molecule has 2 fully saturated rings. The average Bonchev–Trinajstić information content (AvgIpc) is 3.33. The van der Waals surface area contributed by atoms with Gasteiger partial charge in [0.15, 0.2) is 0 Å². The maximum Gasteiger partial charge on any atom is 0.243 e. The van der Waals surface area contributed by atoms with Crippen LogP contribution in [0.25, 0.3) is 0 Å². The lowest BCUT2D eigenvalue weighted by Crippen LogP contribution is -2.37. The summed E-state index contributed by atoms with van der Waals surface area (Å²) >= 11 is 0. The number of sulfonamides is 1. The molecule has 1 heterocycles. The van der Waals surface area contributed by atoms with Crippen LogP contribution in [0.1, 0.15) is 24.8 Å². The largest absolute Gasteiger partial charge is 0.341 e. The van der Waals surface area contributed by atoms with Crippen molar-refractivity contribution in [3.8, 4) is 0 Å². The molecular weight excluding hydrogens is 300 g/mol. The normalized spacial score (nSPS) is 20.7. The molecule has 0 atom stereocenters. The summed E-state index contributed by atoms with van der Waals surface area (Å²) in [6.07, 6.45) is 2.67. The monoisotopic (exact) mass is 322 g/mol. The minimum atomic E-state index is -3.46. The van der Waals surface area contributed by atoms with Crippen LogP contribution in [0.2, 0.25) is 0 Å². The van der Waals surface area contributed by atoms with Crippen LogP contribution < -0.4 is 0 Å². The summed E-state index contributed by atoms with van der Waals surface area (Å²) in [5.41, 5.74) is 1.04. The third kappa shape index (κ3) is 3.17. The Hall–Kier alpha value is -1.40. The topological polar surface area (TPSA) is 57.7 Å². The van der Waals surface area contributed by atoms with Crippen molar-refractivity contribution in [2.45, 2.75) is 31.1 Å². The Morgan fingerprint density at radius 1 is 1.05 bits per heavy atom. The third-order valence-corrected chi connectivity index (χ3v) is 6.26. The van der Waals surface area contributed by atoms with Crippen molar-refractivity contribution in [1.82, 2.24) is 9.21 Å². The second-order valence-electron chi connectivity index (χ2n) is 6.17. The molecule has 0 N–H and O–H groups in total. The molecule has 0 aromatic heterocycles. The van der Waals surface area contributed by atoms with Gasteiger partial charge in [0.1, 0.15) is 0 Å². The third-order valence-electron chi connectivity index (χ3n) is 4.35. The molecule has 0 spiro atoms. The molecule has 2 aliphatic rings. The minimum absolute atomic E-state index is 0.195. The van der Waals surface area contributed by atoms with Gasteiger partial charge in [-0.2, -0.15) is 4.31 Å². The summed E-state index contributed by atoms with van der Waals surface area (Å²) in [5, 5.41) is 0. The van der Waals surface area contributed by atoms with Gasteiger partial charge in [0.2, 0.25) is 15.9 Å². The number of hydrogen-bond donors (Lipinski definition) is 0. The summed E-state index contributed by atoms with van der Waals surface area (Å²) < 4.78 is 26.9. The van der Waals surface area contributed by atoms with E-state index in [-0.39, 0.29) is 11.8 Å². The number of carbonyl (C=O) groups excluding carboxylic acids is 1. The molecule has 6 heteroatoms. The van der Waals surface area contributed by atoms with Gasteiger partial charge in [0, 0.05) is 32.1 Å². The van der Waals surface area contributed by atoms with Crippen LogP contribution in [-0.2, 0) is 14.8 Å². The van der Waals surface area contributed by atoms with Gasteiger partial charge in [-0.25, -0.2) is 8.42 Å². The first-order valence-electron chi connectivity index (χ1n) is 7.84. The van der Waals surface area contributed by atoms with E-state index in [9.17, 15) is 13.2 Å². The highest BCUT2D eigenvalue weighted by Gasteiger charge is 2.35. The van der Waals surface area contributed by atoms with E-state index < -0.39 is 10.0 Å². The maximum absolute atomic E-state index is 12.7. The first-order chi connectivity index (χ1) is 10.5. The average molecular weight is 322 g/mol. The summed E-state index contributed by atoms with van der Waals surface area (Å²) in [6, 6.07) is 6.94. The fourth-order valence-electron chi connectivity index (χ4n) is 2.80. The van der Waals surface area contributed by atoms with Crippen LogP contribution in [0.4, 0.5) is 0 Å². The highest BCUT2D eigenvalue weighted by Crippen LogP contribution is 2.31. The highest BCUT2D eigenvalue weighted by molar-refractivity contribution is 7.89. The molecule has 1 amide bonds. The number of hydrogen-bond acceptors (Lipinski definition) is 3. The number of rotatable bonds is 3. The molecule has 1 aliphatic carbocycles. The quantitative estimate of drug-likeness (QED) is 0.850. The Morgan fingerprint density at radius 2 is 1.73 bits per heavy atom. The Morgan fingerprint density at radius 3 is 2.36 bits per heavy atom. The second kappa shape index (κ2) is 6.01. The van der Waals surface area contributed by atoms with Gasteiger partial charge in [-0.05, 0) is 38.3 Å². The Labute approximate surface area is 132 Å². The smallest absolute Gasteiger partial charge is 0.243 e. The van der Waals surface area contributed by atoms with Crippen LogP contribution in [0.15, 0.2) is 29.2 Å². The predicted octanol–water partition coefficient (Wildman–Crippen LogP) is 1.63. The van der Waals surface area contributed by atoms with E-state index in [0.717, 1.165) is 18.4 Å². The van der Waals surface area contributed by atoms with Crippen LogP contribution in [0.5, 0.6) is 0 Å². The van der Waals surface area contributed by atoms with E-state index in [4.69, 9.17) is 0 Å². The first kappa shape index (κ1) is 15.5. The molecule has 1 aromatic carbocycles. The summed E-state index contributed by atoms with van der Waals surface area (Å²) in [7, 11) is -3.46. The van der Waals surface area contributed by atoms with E-state index in [0.29, 0.717) is 37.5 Å². The van der Waals surface area contributed by atoms with Gasteiger partial charge >= 0.3 is 0 Å². The molecular formula is C16H22N2O3S. The number of amides is 1. The molecule has 120 valence electrons. The number of aryl methyl sites for hydroxylation is 1. The van der Waals surface area contributed by atoms with Gasteiger partial charge in [-0.15, -0.1) is 0 Å². The van der Waals surface area contributed by atoms with E-state index in [1.54, 1.807) is 12.1 Å². The van der Waals surface area contributed by atoms with Crippen molar-refractivity contribution < 1.29 is 13.2 Å². The van der Waals surface area contributed by atoms with Crippen LogP contribution in [-0.4, -0.2) is 49.7 Å². The lowest BCUT2D eigenvalue weighted by Gasteiger charge is -2.22. The van der Waals surface area contributed by atoms with E-state index in [1.807, 2.05) is 24.0 Å². The molecule has 1 aromatic rings. The lowest BCUT2D eigenvalue weighted by atomic mass is 10.2. The Kier molecular flexibility index (Phi) is 4.23. The fourth-order valence-corrected chi connectivity index (χ4v) is 4.27. The number of carbonyl (C=O) groups is 1. The summed E-state index contributed by atoms with van der Waals surface area (Å²) in [6.45, 7) is 3.96. The molecule has 3 rings (SSSR count). The Bertz CT molecular complexity index is 650. The maximum atomic E-state index is 12.7. The summed E-state index contributed by atoms with van der Waals surface area (Å²) in [4.78, 5) is 14.3. The zero-order valence-corrected chi connectivity index (χ0v) is 13.7. The van der Waals surface area contributed by atoms with Crippen LogP contribution >= 0.6 is 0 Å². The second-order valence-corrected chi connectivity index (χ2v) is 8.11. The molecule has 1 aliphatic heterocycles. The molecule has 22 heavy (non-hydrogen) atoms. The number of nitrogens with zero attached hydrogens (tertiary/aromatic N) is 2. The predicted molar refractivity (Wildman–Crippen MR) is 83.9 cm³/mol. The zero-order valence-electron chi connectivity index (χ0n) is 12.9. The standard InChI is InChI=1S/C16H22N2O3S/c1-13-3-7-15(8-4-13)22(20,21)18-10-2-9-17(11-12-18)16(19)14-5-6-14/h3-4,7-8,14H,2,5-6,9-12H2,1H3. The molecule has 1 saturated carbocycles. The highest BCUT2D eigenvalue weighted by atomic mass is 32.2. The SMILES string of the molecule is Cc1ccc(S(=O)(=O)N2CCCN(C(=O)C3CC3)CC2)cc1. The van der Waals surface area contributed by atoms with Crippen molar-refractivity contribution in [2.24, 2.45) is 5.92 Å². The van der Waals surface area contributed by atoms with Crippen molar-refractivity contribution >= 4 is 15.9 Å². The molecule has 0 bridgehead atoms. The van der Waals surface area contributed by atoms with Gasteiger partial charge < -0.3 is 4.90 Å². The fraction of sp³-hybridized carbons (Fsp3) is 0.562. The van der Waals surface area contributed by atoms with E-state index in [2.05, 4.69) is 0 Å². The van der Waals surface area contributed by atoms with E-state index in [1.165, 1.54) is 4.31 Å². The molecule has 5 nitrogen and oxygen atoms in total. The van der Waals surface area contributed by atoms with Gasteiger partial charge in [0.25, 0.3) is 0 Å². The molecule has 0 radical (unpaired) electrons. The lowest BCUT2D eigenvalue weighted by molar-refractivity contribution is -0.132. The van der Waals surface area contributed by atoms with Crippen molar-refractivity contribution in [3.63, 3.8) is 0 Å². The molecule has 1 saturated heterocycles. The van der Waals surface area contributed by atoms with Gasteiger partial charge in [0.05, 0.1) is 4.90 Å². The number of benzene rings is 1. The zero-order chi connectivity index (χ0) is 15.7. The van der Waals surface area contributed by atoms with Crippen molar-refractivity contribution in [3.05, 3.63) is 29.8 Å². The van der Waals surface area contributed by atoms with Gasteiger partial charge in [-0.1, -0.05) is 17.7 Å². The minimum Gasteiger partial charge on any atom is -0.341 e. The van der Waals surface area contributed by atoms with Crippen LogP contribution in [0.3, 0.4) is 0 Å². The molecule has 0 unspecified atom stereocenters. The van der Waals surface area contributed by atoms with Gasteiger partial charge in [-0.3, -0.25) is 4.79 Å². The first-order valence-corrected chi connectivity index (χ1v) is 9.28. The summed E-state index contributed by atoms with van der Waals surface area (Å²) in [5.74, 6) is 0.398. The van der Waals surface area contributed by atoms with Crippen LogP contribution in [0, 0.1) is 12.8 Å². The van der Waals surface area contributed by atoms with E-state index >= 15 is 0 Å². The van der Waals surface area contributed by atoms with Crippen molar-refractivity contribution in [2.75, 3.05) is 26.2 Å².